The van der Waals surface area contributed by atoms with Gasteiger partial charge in [-0.3, -0.25) is 4.79 Å². The van der Waals surface area contributed by atoms with Crippen molar-refractivity contribution in [2.45, 2.75) is 38.2 Å². The first-order valence-corrected chi connectivity index (χ1v) is 6.66. The number of aliphatic carboxylic acids is 1. The lowest BCUT2D eigenvalue weighted by Crippen LogP contribution is -2.45. The second-order valence-corrected chi connectivity index (χ2v) is 4.92. The van der Waals surface area contributed by atoms with E-state index in [0.717, 1.165) is 19.3 Å². The SMILES string of the molecule is CCOc1cc(C#N)ccc1OC1(CC(=O)O)CCC1. The lowest BCUT2D eigenvalue weighted by atomic mass is 9.77. The molecule has 1 aromatic carbocycles. The number of carboxylic acids is 1. The lowest BCUT2D eigenvalue weighted by molar-refractivity contribution is -0.144. The molecular formula is C15H17NO4. The highest BCUT2D eigenvalue weighted by molar-refractivity contribution is 5.68. The van der Waals surface area contributed by atoms with Crippen molar-refractivity contribution in [3.63, 3.8) is 0 Å². The van der Waals surface area contributed by atoms with Gasteiger partial charge in [0.25, 0.3) is 0 Å². The van der Waals surface area contributed by atoms with Crippen LogP contribution < -0.4 is 9.47 Å². The Morgan fingerprint density at radius 1 is 1.45 bits per heavy atom. The summed E-state index contributed by atoms with van der Waals surface area (Å²) >= 11 is 0. The molecule has 0 aliphatic heterocycles. The molecule has 20 heavy (non-hydrogen) atoms. The summed E-state index contributed by atoms with van der Waals surface area (Å²) in [7, 11) is 0. The van der Waals surface area contributed by atoms with Gasteiger partial charge in [-0.2, -0.15) is 5.26 Å². The number of carbonyl (C=O) groups is 1. The van der Waals surface area contributed by atoms with Crippen molar-refractivity contribution in [1.82, 2.24) is 0 Å². The Bertz CT molecular complexity index is 543. The van der Waals surface area contributed by atoms with Gasteiger partial charge in [0.1, 0.15) is 5.60 Å². The minimum absolute atomic E-state index is 0.0153. The molecule has 0 atom stereocenters. The van der Waals surface area contributed by atoms with Crippen LogP contribution >= 0.6 is 0 Å². The Labute approximate surface area is 117 Å². The van der Waals surface area contributed by atoms with Gasteiger partial charge >= 0.3 is 5.97 Å². The summed E-state index contributed by atoms with van der Waals surface area (Å²) in [6.07, 6.45) is 2.40. The third-order valence-electron chi connectivity index (χ3n) is 3.44. The van der Waals surface area contributed by atoms with Crippen LogP contribution in [0.2, 0.25) is 0 Å². The van der Waals surface area contributed by atoms with Gasteiger partial charge in [0.2, 0.25) is 0 Å². The van der Waals surface area contributed by atoms with Crippen LogP contribution in [0.5, 0.6) is 11.5 Å². The fraction of sp³-hybridized carbons (Fsp3) is 0.467. The number of benzene rings is 1. The fourth-order valence-corrected chi connectivity index (χ4v) is 2.33. The molecule has 1 N–H and O–H groups in total. The molecule has 1 aliphatic rings. The van der Waals surface area contributed by atoms with Gasteiger partial charge in [-0.25, -0.2) is 0 Å². The molecule has 0 heterocycles. The summed E-state index contributed by atoms with van der Waals surface area (Å²) in [6.45, 7) is 2.30. The second-order valence-electron chi connectivity index (χ2n) is 4.92. The van der Waals surface area contributed by atoms with Gasteiger partial charge in [-0.1, -0.05) is 0 Å². The van der Waals surface area contributed by atoms with E-state index in [1.807, 2.05) is 13.0 Å². The monoisotopic (exact) mass is 275 g/mol. The first-order chi connectivity index (χ1) is 9.58. The molecular weight excluding hydrogens is 258 g/mol. The van der Waals surface area contributed by atoms with E-state index in [-0.39, 0.29) is 6.42 Å². The molecule has 1 aliphatic carbocycles. The normalized spacial score (nSPS) is 15.8. The second kappa shape index (κ2) is 5.83. The van der Waals surface area contributed by atoms with Gasteiger partial charge < -0.3 is 14.6 Å². The Hall–Kier alpha value is -2.22. The van der Waals surface area contributed by atoms with Gasteiger partial charge in [-0.15, -0.1) is 0 Å². The van der Waals surface area contributed by atoms with Crippen molar-refractivity contribution in [1.29, 1.82) is 5.26 Å². The minimum atomic E-state index is -0.865. The smallest absolute Gasteiger partial charge is 0.307 e. The quantitative estimate of drug-likeness (QED) is 0.863. The van der Waals surface area contributed by atoms with E-state index >= 15 is 0 Å². The molecule has 5 nitrogen and oxygen atoms in total. The lowest BCUT2D eigenvalue weighted by Gasteiger charge is -2.41. The van der Waals surface area contributed by atoms with Gasteiger partial charge in [-0.05, 0) is 38.3 Å². The number of ether oxygens (including phenoxy) is 2. The largest absolute Gasteiger partial charge is 0.490 e. The summed E-state index contributed by atoms with van der Waals surface area (Å²) in [5.74, 6) is 0.131. The average molecular weight is 275 g/mol. The van der Waals surface area contributed by atoms with E-state index in [4.69, 9.17) is 19.8 Å². The van der Waals surface area contributed by atoms with Crippen molar-refractivity contribution in [2.24, 2.45) is 0 Å². The summed E-state index contributed by atoms with van der Waals surface area (Å²) in [5, 5.41) is 17.9. The third kappa shape index (κ3) is 3.02. The first-order valence-electron chi connectivity index (χ1n) is 6.66. The van der Waals surface area contributed by atoms with E-state index in [2.05, 4.69) is 0 Å². The van der Waals surface area contributed by atoms with Crippen molar-refractivity contribution >= 4 is 5.97 Å². The van der Waals surface area contributed by atoms with Gasteiger partial charge in [0.05, 0.1) is 24.7 Å². The van der Waals surface area contributed by atoms with Crippen LogP contribution in [0.4, 0.5) is 0 Å². The van der Waals surface area contributed by atoms with E-state index in [9.17, 15) is 4.79 Å². The number of carboxylic acid groups (broad SMARTS) is 1. The minimum Gasteiger partial charge on any atom is -0.490 e. The molecule has 0 saturated heterocycles. The highest BCUT2D eigenvalue weighted by atomic mass is 16.5. The zero-order valence-corrected chi connectivity index (χ0v) is 11.4. The fourth-order valence-electron chi connectivity index (χ4n) is 2.33. The number of nitrogens with zero attached hydrogens (tertiary/aromatic N) is 1. The van der Waals surface area contributed by atoms with Crippen LogP contribution in [0.15, 0.2) is 18.2 Å². The Morgan fingerprint density at radius 3 is 2.70 bits per heavy atom. The predicted molar refractivity (Wildman–Crippen MR) is 71.8 cm³/mol. The van der Waals surface area contributed by atoms with Gasteiger partial charge in [0, 0.05) is 6.07 Å². The van der Waals surface area contributed by atoms with E-state index < -0.39 is 11.6 Å². The molecule has 0 spiro atoms. The molecule has 1 saturated carbocycles. The molecule has 0 radical (unpaired) electrons. The van der Waals surface area contributed by atoms with Crippen LogP contribution in [0.3, 0.4) is 0 Å². The summed E-state index contributed by atoms with van der Waals surface area (Å²) in [6, 6.07) is 6.98. The molecule has 0 unspecified atom stereocenters. The Balaban J connectivity index is 2.23. The molecule has 1 fully saturated rings. The van der Waals surface area contributed by atoms with Crippen LogP contribution in [0.25, 0.3) is 0 Å². The topological polar surface area (TPSA) is 79.5 Å². The zero-order valence-electron chi connectivity index (χ0n) is 11.4. The molecule has 106 valence electrons. The van der Waals surface area contributed by atoms with Crippen molar-refractivity contribution in [2.75, 3.05) is 6.61 Å². The highest BCUT2D eigenvalue weighted by Crippen LogP contribution is 2.42. The predicted octanol–water partition coefficient (Wildman–Crippen LogP) is 2.73. The summed E-state index contributed by atoms with van der Waals surface area (Å²) < 4.78 is 11.4. The molecule has 0 bridgehead atoms. The van der Waals surface area contributed by atoms with E-state index in [1.54, 1.807) is 18.2 Å². The Kier molecular flexibility index (Phi) is 4.14. The molecule has 5 heteroatoms. The van der Waals surface area contributed by atoms with Crippen LogP contribution in [-0.2, 0) is 4.79 Å². The van der Waals surface area contributed by atoms with Crippen molar-refractivity contribution in [3.05, 3.63) is 23.8 Å². The maximum atomic E-state index is 11.0. The number of hydrogen-bond donors (Lipinski definition) is 1. The van der Waals surface area contributed by atoms with Gasteiger partial charge in [0.15, 0.2) is 11.5 Å². The summed E-state index contributed by atoms with van der Waals surface area (Å²) in [5.41, 5.74) is -0.145. The number of rotatable bonds is 6. The van der Waals surface area contributed by atoms with Crippen molar-refractivity contribution < 1.29 is 19.4 Å². The average Bonchev–Trinajstić information content (AvgIpc) is 2.37. The first kappa shape index (κ1) is 14.2. The van der Waals surface area contributed by atoms with Crippen LogP contribution in [0.1, 0.15) is 38.2 Å². The van der Waals surface area contributed by atoms with E-state index in [1.165, 1.54) is 0 Å². The molecule has 0 amide bonds. The maximum absolute atomic E-state index is 11.0. The molecule has 0 aromatic heterocycles. The third-order valence-corrected chi connectivity index (χ3v) is 3.44. The standard InChI is InChI=1S/C15H17NO4/c1-2-19-13-8-11(10-16)4-5-12(13)20-15(6-3-7-15)9-14(17)18/h4-5,8H,2-3,6-7,9H2,1H3,(H,17,18). The number of hydrogen-bond acceptors (Lipinski definition) is 4. The van der Waals surface area contributed by atoms with Crippen molar-refractivity contribution in [3.8, 4) is 17.6 Å². The Morgan fingerprint density at radius 2 is 2.20 bits per heavy atom. The zero-order chi connectivity index (χ0) is 14.6. The molecule has 1 aromatic rings. The van der Waals surface area contributed by atoms with Crippen LogP contribution in [-0.4, -0.2) is 23.3 Å². The summed E-state index contributed by atoms with van der Waals surface area (Å²) in [4.78, 5) is 11.0. The molecule has 2 rings (SSSR count). The number of nitriles is 1. The maximum Gasteiger partial charge on any atom is 0.307 e. The van der Waals surface area contributed by atoms with E-state index in [0.29, 0.717) is 23.7 Å². The van der Waals surface area contributed by atoms with Crippen LogP contribution in [0, 0.1) is 11.3 Å². The highest BCUT2D eigenvalue weighted by Gasteiger charge is 2.42.